The molecule has 0 atom stereocenters. The highest BCUT2D eigenvalue weighted by molar-refractivity contribution is 7.86. The molecular formula is C12H18O3S. The monoisotopic (exact) mass is 242 g/mol. The molecule has 1 aromatic rings. The van der Waals surface area contributed by atoms with Gasteiger partial charge in [-0.05, 0) is 43.0 Å². The molecule has 1 aliphatic rings. The van der Waals surface area contributed by atoms with Crippen LogP contribution in [0.2, 0.25) is 0 Å². The molecule has 0 N–H and O–H groups in total. The minimum atomic E-state index is -3.48. The van der Waals surface area contributed by atoms with Crippen LogP contribution in [0.1, 0.15) is 30.5 Å². The Bertz CT molecular complexity index is 475. The third-order valence-corrected chi connectivity index (χ3v) is 4.08. The van der Waals surface area contributed by atoms with E-state index in [0.717, 1.165) is 16.7 Å². The molecule has 0 amide bonds. The fourth-order valence-corrected chi connectivity index (χ4v) is 2.93. The first-order valence-electron chi connectivity index (χ1n) is 5.51. The van der Waals surface area contributed by atoms with Crippen LogP contribution in [0.3, 0.4) is 0 Å². The zero-order valence-electron chi connectivity index (χ0n) is 10.2. The maximum absolute atomic E-state index is 11.5. The summed E-state index contributed by atoms with van der Waals surface area (Å²) in [5.41, 5.74) is 3.10. The molecule has 0 fully saturated rings. The zero-order valence-corrected chi connectivity index (χ0v) is 11.0. The van der Waals surface area contributed by atoms with Gasteiger partial charge >= 0.3 is 0 Å². The Hall–Kier alpha value is -0.870. The van der Waals surface area contributed by atoms with Gasteiger partial charge in [-0.3, -0.25) is 4.18 Å². The van der Waals surface area contributed by atoms with Gasteiger partial charge in [-0.15, -0.1) is 0 Å². The van der Waals surface area contributed by atoms with Crippen molar-refractivity contribution in [3.63, 3.8) is 0 Å². The van der Waals surface area contributed by atoms with Crippen molar-refractivity contribution in [2.24, 2.45) is 0 Å². The lowest BCUT2D eigenvalue weighted by molar-refractivity contribution is 0.309. The molecule has 0 aromatic heterocycles. The summed E-state index contributed by atoms with van der Waals surface area (Å²) in [6, 6.07) is 3.45. The normalized spacial score (nSPS) is 17.0. The molecule has 1 heterocycles. The first kappa shape index (κ1) is 13.2. The molecule has 0 saturated carbocycles. The Morgan fingerprint density at radius 3 is 2.44 bits per heavy atom. The van der Waals surface area contributed by atoms with E-state index in [9.17, 15) is 8.42 Å². The second-order valence-corrected chi connectivity index (χ2v) is 5.09. The van der Waals surface area contributed by atoms with Gasteiger partial charge in [-0.25, -0.2) is 0 Å². The first-order valence-corrected chi connectivity index (χ1v) is 6.92. The maximum atomic E-state index is 11.5. The molecule has 1 aromatic carbocycles. The molecule has 4 heteroatoms. The summed E-state index contributed by atoms with van der Waals surface area (Å²) in [6.45, 7) is 8.20. The van der Waals surface area contributed by atoms with Gasteiger partial charge in [0.1, 0.15) is 0 Å². The van der Waals surface area contributed by atoms with Crippen LogP contribution in [-0.4, -0.2) is 15.0 Å². The molecule has 1 aliphatic heterocycles. The van der Waals surface area contributed by atoms with Crippen LogP contribution >= 0.6 is 0 Å². The molecule has 0 unspecified atom stereocenters. The van der Waals surface area contributed by atoms with Gasteiger partial charge in [0.05, 0.1) is 11.5 Å². The molecule has 0 radical (unpaired) electrons. The van der Waals surface area contributed by atoms with E-state index in [0.29, 0.717) is 11.3 Å². The highest BCUT2D eigenvalue weighted by atomic mass is 32.2. The molecule has 16 heavy (non-hydrogen) atoms. The van der Waals surface area contributed by atoms with Gasteiger partial charge < -0.3 is 0 Å². The second kappa shape index (κ2) is 4.97. The minimum Gasteiger partial charge on any atom is -0.266 e. The molecule has 0 aliphatic carbocycles. The number of hydrogen-bond donors (Lipinski definition) is 0. The van der Waals surface area contributed by atoms with Crippen LogP contribution in [0, 0.1) is 13.8 Å². The van der Waals surface area contributed by atoms with Crippen LogP contribution in [0.25, 0.3) is 0 Å². The standard InChI is InChI=1S/C10H12O3S.C2H6/c1-7-3-4-10-9(8(7)2)5-6-13-14(10,11)12;1-2/h3-4H,5-6H2,1-2H3;1-2H3. The third kappa shape index (κ3) is 2.28. The Labute approximate surface area is 97.6 Å². The van der Waals surface area contributed by atoms with E-state index in [4.69, 9.17) is 4.18 Å². The van der Waals surface area contributed by atoms with E-state index in [1.54, 1.807) is 6.07 Å². The Morgan fingerprint density at radius 1 is 1.19 bits per heavy atom. The van der Waals surface area contributed by atoms with E-state index >= 15 is 0 Å². The van der Waals surface area contributed by atoms with E-state index in [-0.39, 0.29) is 6.61 Å². The Kier molecular flexibility index (Phi) is 4.10. The predicted octanol–water partition coefficient (Wildman–Crippen LogP) is 2.59. The summed E-state index contributed by atoms with van der Waals surface area (Å²) in [4.78, 5) is 0.340. The number of benzene rings is 1. The SMILES string of the molecule is CC.Cc1ccc2c(c1C)CCOS2(=O)=O. The van der Waals surface area contributed by atoms with Gasteiger partial charge in [0.25, 0.3) is 10.1 Å². The molecule has 0 spiro atoms. The molecule has 2 rings (SSSR count). The highest BCUT2D eigenvalue weighted by Gasteiger charge is 2.25. The minimum absolute atomic E-state index is 0.264. The van der Waals surface area contributed by atoms with Crippen LogP contribution in [0.15, 0.2) is 17.0 Å². The van der Waals surface area contributed by atoms with Crippen LogP contribution < -0.4 is 0 Å². The molecule has 0 bridgehead atoms. The average molecular weight is 242 g/mol. The van der Waals surface area contributed by atoms with Crippen LogP contribution in [-0.2, 0) is 20.7 Å². The van der Waals surface area contributed by atoms with Crippen molar-refractivity contribution in [1.29, 1.82) is 0 Å². The summed E-state index contributed by atoms with van der Waals surface area (Å²) < 4.78 is 27.8. The lowest BCUT2D eigenvalue weighted by Gasteiger charge is -2.19. The van der Waals surface area contributed by atoms with Gasteiger partial charge in [0, 0.05) is 0 Å². The number of hydrogen-bond acceptors (Lipinski definition) is 3. The van der Waals surface area contributed by atoms with Crippen molar-refractivity contribution in [3.8, 4) is 0 Å². The maximum Gasteiger partial charge on any atom is 0.297 e. The number of aryl methyl sites for hydroxylation is 1. The molecular weight excluding hydrogens is 224 g/mol. The Balaban J connectivity index is 0.000000606. The van der Waals surface area contributed by atoms with Crippen LogP contribution in [0.5, 0.6) is 0 Å². The predicted molar refractivity (Wildman–Crippen MR) is 64.1 cm³/mol. The van der Waals surface area contributed by atoms with Crippen molar-refractivity contribution < 1.29 is 12.6 Å². The lowest BCUT2D eigenvalue weighted by atomic mass is 10.0. The largest absolute Gasteiger partial charge is 0.297 e. The van der Waals surface area contributed by atoms with E-state index in [1.807, 2.05) is 33.8 Å². The topological polar surface area (TPSA) is 43.4 Å². The van der Waals surface area contributed by atoms with Crippen molar-refractivity contribution >= 4 is 10.1 Å². The molecule has 3 nitrogen and oxygen atoms in total. The van der Waals surface area contributed by atoms with Crippen LogP contribution in [0.4, 0.5) is 0 Å². The summed E-state index contributed by atoms with van der Waals surface area (Å²) in [5, 5.41) is 0. The molecule has 0 saturated heterocycles. The highest BCUT2D eigenvalue weighted by Crippen LogP contribution is 2.27. The lowest BCUT2D eigenvalue weighted by Crippen LogP contribution is -2.19. The fraction of sp³-hybridized carbons (Fsp3) is 0.500. The average Bonchev–Trinajstić information content (AvgIpc) is 2.26. The summed E-state index contributed by atoms with van der Waals surface area (Å²) in [7, 11) is -3.48. The third-order valence-electron chi connectivity index (χ3n) is 2.69. The Morgan fingerprint density at radius 2 is 1.81 bits per heavy atom. The van der Waals surface area contributed by atoms with Crippen molar-refractivity contribution in [1.82, 2.24) is 0 Å². The van der Waals surface area contributed by atoms with Crippen molar-refractivity contribution in [2.75, 3.05) is 6.61 Å². The summed E-state index contributed by atoms with van der Waals surface area (Å²) >= 11 is 0. The van der Waals surface area contributed by atoms with Crippen molar-refractivity contribution in [3.05, 3.63) is 28.8 Å². The fourth-order valence-electron chi connectivity index (χ4n) is 1.71. The zero-order chi connectivity index (χ0) is 12.3. The van der Waals surface area contributed by atoms with Gasteiger partial charge in [-0.2, -0.15) is 8.42 Å². The second-order valence-electron chi connectivity index (χ2n) is 3.51. The van der Waals surface area contributed by atoms with E-state index in [1.165, 1.54) is 0 Å². The summed E-state index contributed by atoms with van der Waals surface area (Å²) in [6.07, 6.45) is 0.683. The quantitative estimate of drug-likeness (QED) is 0.657. The van der Waals surface area contributed by atoms with Gasteiger partial charge in [0.15, 0.2) is 0 Å². The van der Waals surface area contributed by atoms with Gasteiger partial charge in [0.2, 0.25) is 0 Å². The van der Waals surface area contributed by atoms with E-state index in [2.05, 4.69) is 0 Å². The first-order chi connectivity index (χ1) is 7.52. The van der Waals surface area contributed by atoms with E-state index < -0.39 is 10.1 Å². The number of fused-ring (bicyclic) bond motifs is 1. The molecule has 90 valence electrons. The summed E-state index contributed by atoms with van der Waals surface area (Å²) in [5.74, 6) is 0. The smallest absolute Gasteiger partial charge is 0.266 e. The number of rotatable bonds is 0. The van der Waals surface area contributed by atoms with Gasteiger partial charge in [-0.1, -0.05) is 19.9 Å². The van der Waals surface area contributed by atoms with Crippen molar-refractivity contribution in [2.45, 2.75) is 39.0 Å².